The van der Waals surface area contributed by atoms with Gasteiger partial charge in [-0.15, -0.1) is 0 Å². The summed E-state index contributed by atoms with van der Waals surface area (Å²) in [7, 11) is 0. The standard InChI is InChI=1S/C63H40O/c1-2-18-42(19-3-1)62(52-27-11-4-20-43(52)44-21-5-12-28-53(44)62)57-32-16-9-26-50(57)61(41-34-36-49-48-25-10-17-33-59(48)64-60(49)39-41)40-35-37-58-51(38-40)47-24-8-15-31-56(47)63(58)54-29-13-6-22-45(54)46-23-7-14-30-55(46)63/h1-39,61H. The molecule has 1 aromatic heterocycles. The van der Waals surface area contributed by atoms with E-state index in [1.165, 1.54) is 94.6 Å². The maximum Gasteiger partial charge on any atom is 0.135 e. The van der Waals surface area contributed by atoms with Crippen LogP contribution in [0.15, 0.2) is 241 Å². The van der Waals surface area contributed by atoms with Gasteiger partial charge in [0.25, 0.3) is 0 Å². The van der Waals surface area contributed by atoms with Crippen molar-refractivity contribution in [2.24, 2.45) is 0 Å². The van der Waals surface area contributed by atoms with E-state index in [2.05, 4.69) is 237 Å². The van der Waals surface area contributed by atoms with Crippen molar-refractivity contribution in [2.45, 2.75) is 16.7 Å². The highest BCUT2D eigenvalue weighted by molar-refractivity contribution is 6.05. The summed E-state index contributed by atoms with van der Waals surface area (Å²) < 4.78 is 6.68. The molecule has 1 unspecified atom stereocenters. The molecule has 0 radical (unpaired) electrons. The summed E-state index contributed by atoms with van der Waals surface area (Å²) in [5.41, 5.74) is 22.9. The Balaban J connectivity index is 1.07. The lowest BCUT2D eigenvalue weighted by atomic mass is 9.64. The zero-order valence-electron chi connectivity index (χ0n) is 35.0. The van der Waals surface area contributed by atoms with Crippen LogP contribution in [-0.2, 0) is 10.8 Å². The van der Waals surface area contributed by atoms with Crippen molar-refractivity contribution in [2.75, 3.05) is 0 Å². The topological polar surface area (TPSA) is 13.1 Å². The largest absolute Gasteiger partial charge is 0.456 e. The van der Waals surface area contributed by atoms with Crippen LogP contribution in [0.2, 0.25) is 0 Å². The SMILES string of the molecule is c1ccc(C2(c3ccccc3C(c3ccc4c(c3)-c3ccccc3C43c4ccccc4-c4ccccc43)c3ccc4c(c3)oc3ccccc34)c3ccccc3-c3ccccc32)cc1. The van der Waals surface area contributed by atoms with E-state index in [1.807, 2.05) is 0 Å². The Kier molecular flexibility index (Phi) is 7.37. The molecule has 3 aliphatic carbocycles. The van der Waals surface area contributed by atoms with Crippen molar-refractivity contribution in [3.05, 3.63) is 298 Å². The molecular weight excluding hydrogens is 773 g/mol. The Morgan fingerprint density at radius 1 is 0.281 bits per heavy atom. The van der Waals surface area contributed by atoms with Gasteiger partial charge < -0.3 is 4.42 Å². The minimum absolute atomic E-state index is 0.147. The number of para-hydroxylation sites is 1. The number of hydrogen-bond donors (Lipinski definition) is 0. The number of rotatable bonds is 5. The molecule has 0 saturated heterocycles. The molecule has 3 aliphatic rings. The number of hydrogen-bond acceptors (Lipinski definition) is 1. The molecule has 0 N–H and O–H groups in total. The lowest BCUT2D eigenvalue weighted by Crippen LogP contribution is -2.30. The van der Waals surface area contributed by atoms with Crippen LogP contribution in [0.4, 0.5) is 0 Å². The van der Waals surface area contributed by atoms with Gasteiger partial charge in [-0.05, 0) is 113 Å². The molecule has 1 heterocycles. The lowest BCUT2D eigenvalue weighted by Gasteiger charge is -2.37. The van der Waals surface area contributed by atoms with E-state index in [9.17, 15) is 0 Å². The molecule has 1 heteroatoms. The van der Waals surface area contributed by atoms with Gasteiger partial charge in [-0.1, -0.05) is 218 Å². The number of benzene rings is 10. The predicted molar refractivity (Wildman–Crippen MR) is 261 cm³/mol. The highest BCUT2D eigenvalue weighted by Crippen LogP contribution is 2.63. The Morgan fingerprint density at radius 2 is 0.703 bits per heavy atom. The summed E-state index contributed by atoms with van der Waals surface area (Å²) in [6.07, 6.45) is 0. The van der Waals surface area contributed by atoms with Gasteiger partial charge in [-0.25, -0.2) is 0 Å². The van der Waals surface area contributed by atoms with Gasteiger partial charge in [0.2, 0.25) is 0 Å². The molecule has 14 rings (SSSR count). The summed E-state index contributed by atoms with van der Waals surface area (Å²) in [4.78, 5) is 0. The molecule has 64 heavy (non-hydrogen) atoms. The fourth-order valence-corrected chi connectivity index (χ4v) is 12.5. The van der Waals surface area contributed by atoms with Crippen molar-refractivity contribution in [1.82, 2.24) is 0 Å². The van der Waals surface area contributed by atoms with Crippen LogP contribution in [0.25, 0.3) is 55.3 Å². The van der Waals surface area contributed by atoms with Gasteiger partial charge in [0.1, 0.15) is 11.2 Å². The average molecular weight is 813 g/mol. The van der Waals surface area contributed by atoms with Crippen LogP contribution in [0.1, 0.15) is 67.1 Å². The molecule has 1 spiro atoms. The Labute approximate surface area is 372 Å². The lowest BCUT2D eigenvalue weighted by molar-refractivity contribution is 0.667. The molecule has 0 amide bonds. The van der Waals surface area contributed by atoms with Gasteiger partial charge in [-0.2, -0.15) is 0 Å². The Bertz CT molecular complexity index is 3610. The van der Waals surface area contributed by atoms with E-state index >= 15 is 0 Å². The fraction of sp³-hybridized carbons (Fsp3) is 0.0476. The van der Waals surface area contributed by atoms with Gasteiger partial charge in [0.05, 0.1) is 10.8 Å². The van der Waals surface area contributed by atoms with Crippen molar-refractivity contribution < 1.29 is 4.42 Å². The first kappa shape index (κ1) is 35.6. The quantitative estimate of drug-likeness (QED) is 0.158. The van der Waals surface area contributed by atoms with Crippen molar-refractivity contribution >= 4 is 21.9 Å². The summed E-state index contributed by atoms with van der Waals surface area (Å²) in [5, 5.41) is 2.27. The molecule has 0 aliphatic heterocycles. The van der Waals surface area contributed by atoms with E-state index in [0.29, 0.717) is 0 Å². The number of furan rings is 1. The monoisotopic (exact) mass is 812 g/mol. The fourth-order valence-electron chi connectivity index (χ4n) is 12.5. The third-order valence-electron chi connectivity index (χ3n) is 14.9. The first-order chi connectivity index (χ1) is 31.8. The van der Waals surface area contributed by atoms with Gasteiger partial charge in [0.15, 0.2) is 0 Å². The maximum atomic E-state index is 6.68. The zero-order valence-corrected chi connectivity index (χ0v) is 35.0. The highest BCUT2D eigenvalue weighted by atomic mass is 16.3. The summed E-state index contributed by atoms with van der Waals surface area (Å²) in [6, 6.07) is 88.6. The first-order valence-corrected chi connectivity index (χ1v) is 22.5. The predicted octanol–water partition coefficient (Wildman–Crippen LogP) is 15.5. The smallest absolute Gasteiger partial charge is 0.135 e. The van der Waals surface area contributed by atoms with Gasteiger partial charge >= 0.3 is 0 Å². The number of fused-ring (bicyclic) bond motifs is 16. The molecule has 0 saturated carbocycles. The van der Waals surface area contributed by atoms with Crippen LogP contribution in [-0.4, -0.2) is 0 Å². The van der Waals surface area contributed by atoms with Crippen LogP contribution in [0, 0.1) is 0 Å². The molecule has 0 bridgehead atoms. The van der Waals surface area contributed by atoms with Crippen molar-refractivity contribution in [1.29, 1.82) is 0 Å². The minimum Gasteiger partial charge on any atom is -0.456 e. The third-order valence-corrected chi connectivity index (χ3v) is 14.9. The zero-order chi connectivity index (χ0) is 42.0. The second kappa shape index (κ2) is 13.3. The van der Waals surface area contributed by atoms with Crippen LogP contribution >= 0.6 is 0 Å². The van der Waals surface area contributed by atoms with E-state index in [4.69, 9.17) is 4.42 Å². The Morgan fingerprint density at radius 3 is 1.31 bits per heavy atom. The molecule has 1 nitrogen and oxygen atoms in total. The van der Waals surface area contributed by atoms with E-state index < -0.39 is 10.8 Å². The maximum absolute atomic E-state index is 6.68. The normalized spacial score (nSPS) is 14.8. The first-order valence-electron chi connectivity index (χ1n) is 22.5. The molecule has 10 aromatic carbocycles. The van der Waals surface area contributed by atoms with Crippen LogP contribution in [0.5, 0.6) is 0 Å². The van der Waals surface area contributed by atoms with Crippen molar-refractivity contribution in [3.63, 3.8) is 0 Å². The average Bonchev–Trinajstić information content (AvgIpc) is 4.07. The van der Waals surface area contributed by atoms with Crippen LogP contribution < -0.4 is 0 Å². The molecule has 1 atom stereocenters. The van der Waals surface area contributed by atoms with Crippen LogP contribution in [0.3, 0.4) is 0 Å². The molecule has 298 valence electrons. The van der Waals surface area contributed by atoms with E-state index in [-0.39, 0.29) is 5.92 Å². The summed E-state index contributed by atoms with van der Waals surface area (Å²) >= 11 is 0. The second-order valence-corrected chi connectivity index (χ2v) is 17.8. The summed E-state index contributed by atoms with van der Waals surface area (Å²) in [6.45, 7) is 0. The summed E-state index contributed by atoms with van der Waals surface area (Å²) in [5.74, 6) is -0.147. The third kappa shape index (κ3) is 4.53. The van der Waals surface area contributed by atoms with Gasteiger partial charge in [0, 0.05) is 16.7 Å². The molecule has 0 fully saturated rings. The van der Waals surface area contributed by atoms with E-state index in [1.54, 1.807) is 0 Å². The van der Waals surface area contributed by atoms with Gasteiger partial charge in [-0.3, -0.25) is 0 Å². The molecular formula is C63H40O. The highest BCUT2D eigenvalue weighted by Gasteiger charge is 2.52. The van der Waals surface area contributed by atoms with Crippen molar-refractivity contribution in [3.8, 4) is 33.4 Å². The second-order valence-electron chi connectivity index (χ2n) is 17.8. The molecule has 11 aromatic rings. The minimum atomic E-state index is -0.572. The van der Waals surface area contributed by atoms with E-state index in [0.717, 1.165) is 21.9 Å². The Hall–Kier alpha value is -8.00.